The lowest BCUT2D eigenvalue weighted by molar-refractivity contribution is 0.288. The minimum absolute atomic E-state index is 0.248. The third-order valence-corrected chi connectivity index (χ3v) is 2.98. The Morgan fingerprint density at radius 2 is 2.38 bits per heavy atom. The molecule has 2 rings (SSSR count). The molecule has 1 heterocycles. The summed E-state index contributed by atoms with van der Waals surface area (Å²) in [5, 5.41) is 8.81. The van der Waals surface area contributed by atoms with Crippen molar-refractivity contribution in [1.29, 1.82) is 5.26 Å². The van der Waals surface area contributed by atoms with E-state index < -0.39 is 0 Å². The van der Waals surface area contributed by atoms with Crippen LogP contribution < -0.4 is 0 Å². The van der Waals surface area contributed by atoms with Crippen LogP contribution >= 0.6 is 12.2 Å². The Labute approximate surface area is 100 Å². The van der Waals surface area contributed by atoms with Crippen LogP contribution in [0, 0.1) is 17.2 Å². The van der Waals surface area contributed by atoms with Gasteiger partial charge in [-0.25, -0.2) is 0 Å². The molecule has 1 atom stereocenters. The summed E-state index contributed by atoms with van der Waals surface area (Å²) >= 11 is 5.25. The molecule has 80 valence electrons. The maximum Gasteiger partial charge on any atom is 0.119 e. The van der Waals surface area contributed by atoms with E-state index in [2.05, 4.69) is 6.07 Å². The van der Waals surface area contributed by atoms with Crippen molar-refractivity contribution in [2.75, 3.05) is 6.61 Å². The second-order valence-electron chi connectivity index (χ2n) is 3.73. The van der Waals surface area contributed by atoms with Gasteiger partial charge in [-0.15, -0.1) is 0 Å². The van der Waals surface area contributed by atoms with Gasteiger partial charge in [0.1, 0.15) is 6.61 Å². The molecule has 0 aliphatic carbocycles. The van der Waals surface area contributed by atoms with E-state index in [1.807, 2.05) is 30.3 Å². The second-order valence-corrected chi connectivity index (χ2v) is 4.25. The van der Waals surface area contributed by atoms with Gasteiger partial charge in [0, 0.05) is 10.8 Å². The number of nitriles is 1. The highest BCUT2D eigenvalue weighted by atomic mass is 32.1. The van der Waals surface area contributed by atoms with Gasteiger partial charge in [0.05, 0.1) is 17.9 Å². The SMILES string of the molecule is N#Cc1cccc(CC2C=COCC2=S)c1. The van der Waals surface area contributed by atoms with Crippen LogP contribution in [0.15, 0.2) is 36.6 Å². The number of hydrogen-bond acceptors (Lipinski definition) is 3. The van der Waals surface area contributed by atoms with Gasteiger partial charge in [0.2, 0.25) is 0 Å². The van der Waals surface area contributed by atoms with Gasteiger partial charge in [0.15, 0.2) is 0 Å². The molecule has 1 aliphatic heterocycles. The molecule has 0 amide bonds. The van der Waals surface area contributed by atoms with Crippen LogP contribution in [-0.2, 0) is 11.2 Å². The summed E-state index contributed by atoms with van der Waals surface area (Å²) in [4.78, 5) is 0.921. The van der Waals surface area contributed by atoms with Crippen molar-refractivity contribution in [3.63, 3.8) is 0 Å². The molecule has 2 nitrogen and oxygen atoms in total. The van der Waals surface area contributed by atoms with Crippen LogP contribution in [0.1, 0.15) is 11.1 Å². The quantitative estimate of drug-likeness (QED) is 0.731. The molecule has 0 saturated carbocycles. The number of ether oxygens (including phenoxy) is 1. The van der Waals surface area contributed by atoms with Crippen molar-refractivity contribution in [3.8, 4) is 6.07 Å². The first kappa shape index (κ1) is 10.8. The number of benzene rings is 1. The lowest BCUT2D eigenvalue weighted by Crippen LogP contribution is -2.20. The molecule has 16 heavy (non-hydrogen) atoms. The first-order valence-electron chi connectivity index (χ1n) is 5.09. The molecule has 1 aliphatic rings. The Hall–Kier alpha value is -1.66. The fourth-order valence-corrected chi connectivity index (χ4v) is 1.93. The number of rotatable bonds is 2. The van der Waals surface area contributed by atoms with Gasteiger partial charge in [0.25, 0.3) is 0 Å². The van der Waals surface area contributed by atoms with E-state index in [1.54, 1.807) is 6.26 Å². The standard InChI is InChI=1S/C13H11NOS/c14-8-11-3-1-2-10(6-11)7-12-4-5-15-9-13(12)16/h1-6,12H,7,9H2. The Morgan fingerprint density at radius 1 is 1.50 bits per heavy atom. The normalized spacial score (nSPS) is 18.9. The van der Waals surface area contributed by atoms with Crippen LogP contribution in [0.4, 0.5) is 0 Å². The molecule has 0 bridgehead atoms. The van der Waals surface area contributed by atoms with Crippen LogP contribution in [-0.4, -0.2) is 11.5 Å². The van der Waals surface area contributed by atoms with E-state index in [0.29, 0.717) is 12.2 Å². The zero-order valence-electron chi connectivity index (χ0n) is 8.72. The monoisotopic (exact) mass is 229 g/mol. The van der Waals surface area contributed by atoms with Gasteiger partial charge in [-0.1, -0.05) is 24.4 Å². The van der Waals surface area contributed by atoms with Crippen molar-refractivity contribution < 1.29 is 4.74 Å². The summed E-state index contributed by atoms with van der Waals surface area (Å²) in [5.74, 6) is 0.248. The van der Waals surface area contributed by atoms with Gasteiger partial charge >= 0.3 is 0 Å². The first-order chi connectivity index (χ1) is 7.79. The molecule has 1 aromatic carbocycles. The summed E-state index contributed by atoms with van der Waals surface area (Å²) in [6, 6.07) is 9.78. The fraction of sp³-hybridized carbons (Fsp3) is 0.231. The molecule has 0 spiro atoms. The minimum Gasteiger partial charge on any atom is -0.496 e. The highest BCUT2D eigenvalue weighted by molar-refractivity contribution is 7.80. The lowest BCUT2D eigenvalue weighted by atomic mass is 9.95. The predicted octanol–water partition coefficient (Wildman–Crippen LogP) is 2.63. The highest BCUT2D eigenvalue weighted by Gasteiger charge is 2.15. The largest absolute Gasteiger partial charge is 0.496 e. The summed E-state index contributed by atoms with van der Waals surface area (Å²) in [6.07, 6.45) is 4.52. The van der Waals surface area contributed by atoms with Gasteiger partial charge in [-0.05, 0) is 30.2 Å². The Kier molecular flexibility index (Phi) is 3.33. The summed E-state index contributed by atoms with van der Waals surface area (Å²) in [6.45, 7) is 0.522. The van der Waals surface area contributed by atoms with E-state index in [4.69, 9.17) is 22.2 Å². The molecular weight excluding hydrogens is 218 g/mol. The number of thiocarbonyl (C=S) groups is 1. The average molecular weight is 229 g/mol. The smallest absolute Gasteiger partial charge is 0.119 e. The summed E-state index contributed by atoms with van der Waals surface area (Å²) < 4.78 is 5.12. The van der Waals surface area contributed by atoms with E-state index in [0.717, 1.165) is 16.8 Å². The number of nitrogens with zero attached hydrogens (tertiary/aromatic N) is 1. The third-order valence-electron chi connectivity index (χ3n) is 2.56. The zero-order valence-corrected chi connectivity index (χ0v) is 9.54. The molecule has 0 radical (unpaired) electrons. The topological polar surface area (TPSA) is 33.0 Å². The van der Waals surface area contributed by atoms with Crippen molar-refractivity contribution in [2.45, 2.75) is 6.42 Å². The summed E-state index contributed by atoms with van der Waals surface area (Å²) in [5.41, 5.74) is 1.83. The van der Waals surface area contributed by atoms with Crippen LogP contribution in [0.3, 0.4) is 0 Å². The third kappa shape index (κ3) is 2.47. The lowest BCUT2D eigenvalue weighted by Gasteiger charge is -2.18. The van der Waals surface area contributed by atoms with E-state index in [9.17, 15) is 0 Å². The van der Waals surface area contributed by atoms with Crippen LogP contribution in [0.5, 0.6) is 0 Å². The molecule has 0 saturated heterocycles. The van der Waals surface area contributed by atoms with E-state index >= 15 is 0 Å². The zero-order chi connectivity index (χ0) is 11.4. The molecule has 1 aromatic rings. The van der Waals surface area contributed by atoms with Crippen molar-refractivity contribution in [1.82, 2.24) is 0 Å². The first-order valence-corrected chi connectivity index (χ1v) is 5.50. The van der Waals surface area contributed by atoms with Gasteiger partial charge in [-0.3, -0.25) is 0 Å². The van der Waals surface area contributed by atoms with E-state index in [1.165, 1.54) is 0 Å². The van der Waals surface area contributed by atoms with Crippen molar-refractivity contribution in [3.05, 3.63) is 47.7 Å². The predicted molar refractivity (Wildman–Crippen MR) is 66.0 cm³/mol. The second kappa shape index (κ2) is 4.91. The van der Waals surface area contributed by atoms with Crippen molar-refractivity contribution >= 4 is 17.1 Å². The Morgan fingerprint density at radius 3 is 3.12 bits per heavy atom. The van der Waals surface area contributed by atoms with Gasteiger partial charge < -0.3 is 4.74 Å². The van der Waals surface area contributed by atoms with Crippen molar-refractivity contribution in [2.24, 2.45) is 5.92 Å². The Balaban J connectivity index is 2.14. The molecule has 0 fully saturated rings. The Bertz CT molecular complexity index is 473. The van der Waals surface area contributed by atoms with E-state index in [-0.39, 0.29) is 5.92 Å². The average Bonchev–Trinajstić information content (AvgIpc) is 2.32. The fourth-order valence-electron chi connectivity index (χ4n) is 1.70. The molecule has 3 heteroatoms. The maximum absolute atomic E-state index is 8.81. The number of hydrogen-bond donors (Lipinski definition) is 0. The maximum atomic E-state index is 8.81. The highest BCUT2D eigenvalue weighted by Crippen LogP contribution is 2.16. The molecule has 0 aromatic heterocycles. The molecular formula is C13H11NOS. The molecule has 1 unspecified atom stereocenters. The minimum atomic E-state index is 0.248. The molecule has 0 N–H and O–H groups in total. The van der Waals surface area contributed by atoms with Crippen LogP contribution in [0.2, 0.25) is 0 Å². The van der Waals surface area contributed by atoms with Crippen LogP contribution in [0.25, 0.3) is 0 Å². The number of allylic oxidation sites excluding steroid dienone is 1. The summed E-state index contributed by atoms with van der Waals surface area (Å²) in [7, 11) is 0. The van der Waals surface area contributed by atoms with Gasteiger partial charge in [-0.2, -0.15) is 5.26 Å².